The molecule has 5 nitrogen and oxygen atoms in total. The highest BCUT2D eigenvalue weighted by Crippen LogP contribution is 2.24. The molecule has 2 N–H and O–H groups in total. The van der Waals surface area contributed by atoms with Crippen LogP contribution >= 0.6 is 0 Å². The van der Waals surface area contributed by atoms with Crippen LogP contribution < -0.4 is 10.6 Å². The average molecular weight is 265 g/mol. The molecule has 0 aliphatic heterocycles. The summed E-state index contributed by atoms with van der Waals surface area (Å²) in [6.07, 6.45) is 5.20. The molecule has 0 atom stereocenters. The van der Waals surface area contributed by atoms with Gasteiger partial charge in [-0.25, -0.2) is 9.97 Å². The maximum absolute atomic E-state index is 5.79. The predicted molar refractivity (Wildman–Crippen MR) is 80.3 cm³/mol. The molecule has 20 heavy (non-hydrogen) atoms. The first kappa shape index (κ1) is 12.3. The summed E-state index contributed by atoms with van der Waals surface area (Å²) in [7, 11) is 2.01. The highest BCUT2D eigenvalue weighted by Gasteiger charge is 2.09. The van der Waals surface area contributed by atoms with E-state index in [0.29, 0.717) is 5.69 Å². The van der Waals surface area contributed by atoms with Crippen LogP contribution in [-0.2, 0) is 6.54 Å². The molecule has 0 aliphatic rings. The van der Waals surface area contributed by atoms with Crippen molar-refractivity contribution in [3.8, 4) is 0 Å². The second-order valence-electron chi connectivity index (χ2n) is 4.69. The second-order valence-corrected chi connectivity index (χ2v) is 4.69. The maximum atomic E-state index is 5.79. The van der Waals surface area contributed by atoms with Gasteiger partial charge in [0, 0.05) is 37.1 Å². The van der Waals surface area contributed by atoms with E-state index in [1.165, 1.54) is 0 Å². The van der Waals surface area contributed by atoms with Crippen molar-refractivity contribution >= 4 is 22.4 Å². The number of fused-ring (bicyclic) bond motifs is 1. The van der Waals surface area contributed by atoms with Crippen LogP contribution in [0.25, 0.3) is 10.9 Å². The number of pyridine rings is 1. The van der Waals surface area contributed by atoms with Crippen LogP contribution in [0.15, 0.2) is 49.1 Å². The SMILES string of the molecule is CN(Cc1cccnc1)c1ncnc2cc(N)ccc12. The third-order valence-electron chi connectivity index (χ3n) is 3.14. The van der Waals surface area contributed by atoms with E-state index >= 15 is 0 Å². The van der Waals surface area contributed by atoms with E-state index in [0.717, 1.165) is 28.8 Å². The van der Waals surface area contributed by atoms with Crippen LogP contribution in [0.4, 0.5) is 11.5 Å². The number of nitrogen functional groups attached to an aromatic ring is 1. The Hall–Kier alpha value is -2.69. The lowest BCUT2D eigenvalue weighted by Crippen LogP contribution is -2.18. The second kappa shape index (κ2) is 5.13. The van der Waals surface area contributed by atoms with Gasteiger partial charge >= 0.3 is 0 Å². The number of aromatic nitrogens is 3. The molecule has 0 spiro atoms. The van der Waals surface area contributed by atoms with E-state index in [1.54, 1.807) is 12.5 Å². The van der Waals surface area contributed by atoms with Crippen LogP contribution in [0.2, 0.25) is 0 Å². The largest absolute Gasteiger partial charge is 0.399 e. The summed E-state index contributed by atoms with van der Waals surface area (Å²) in [6.45, 7) is 0.740. The van der Waals surface area contributed by atoms with Gasteiger partial charge < -0.3 is 10.6 Å². The summed E-state index contributed by atoms with van der Waals surface area (Å²) in [4.78, 5) is 14.9. The molecule has 0 saturated carbocycles. The Morgan fingerprint density at radius 3 is 2.90 bits per heavy atom. The standard InChI is InChI=1S/C15H15N5/c1-20(9-11-3-2-6-17-8-11)15-13-5-4-12(16)7-14(13)18-10-19-15/h2-8,10H,9,16H2,1H3. The highest BCUT2D eigenvalue weighted by molar-refractivity contribution is 5.91. The molecule has 3 rings (SSSR count). The molecule has 100 valence electrons. The fourth-order valence-corrected chi connectivity index (χ4v) is 2.20. The Balaban J connectivity index is 1.97. The molecule has 3 aromatic rings. The molecule has 2 aromatic heterocycles. The van der Waals surface area contributed by atoms with E-state index in [4.69, 9.17) is 5.73 Å². The molecular formula is C15H15N5. The van der Waals surface area contributed by atoms with Crippen molar-refractivity contribution in [2.45, 2.75) is 6.54 Å². The minimum atomic E-state index is 0.706. The average Bonchev–Trinajstić information content (AvgIpc) is 2.47. The van der Waals surface area contributed by atoms with Gasteiger partial charge in [-0.15, -0.1) is 0 Å². The number of rotatable bonds is 3. The smallest absolute Gasteiger partial charge is 0.139 e. The molecular weight excluding hydrogens is 250 g/mol. The fourth-order valence-electron chi connectivity index (χ4n) is 2.20. The Bertz CT molecular complexity index is 727. The highest BCUT2D eigenvalue weighted by atomic mass is 15.2. The first-order valence-electron chi connectivity index (χ1n) is 6.34. The molecule has 0 fully saturated rings. The molecule has 5 heteroatoms. The van der Waals surface area contributed by atoms with Gasteiger partial charge in [-0.2, -0.15) is 0 Å². The van der Waals surface area contributed by atoms with Crippen LogP contribution in [0.5, 0.6) is 0 Å². The topological polar surface area (TPSA) is 67.9 Å². The Labute approximate surface area is 117 Å². The molecule has 0 saturated heterocycles. The van der Waals surface area contributed by atoms with Gasteiger partial charge in [0.05, 0.1) is 5.52 Å². The number of benzene rings is 1. The molecule has 2 heterocycles. The third kappa shape index (κ3) is 2.38. The van der Waals surface area contributed by atoms with E-state index < -0.39 is 0 Å². The van der Waals surface area contributed by atoms with Crippen LogP contribution in [0, 0.1) is 0 Å². The quantitative estimate of drug-likeness (QED) is 0.736. The van der Waals surface area contributed by atoms with Crippen molar-refractivity contribution in [1.29, 1.82) is 0 Å². The lowest BCUT2D eigenvalue weighted by atomic mass is 10.2. The predicted octanol–water partition coefficient (Wildman–Crippen LogP) is 2.24. The Kier molecular flexibility index (Phi) is 3.16. The molecule has 0 unspecified atom stereocenters. The molecule has 0 bridgehead atoms. The Morgan fingerprint density at radius 1 is 1.20 bits per heavy atom. The minimum absolute atomic E-state index is 0.706. The summed E-state index contributed by atoms with van der Waals surface area (Å²) in [5.74, 6) is 0.888. The van der Waals surface area contributed by atoms with Gasteiger partial charge in [0.2, 0.25) is 0 Å². The monoisotopic (exact) mass is 265 g/mol. The van der Waals surface area contributed by atoms with Crippen molar-refractivity contribution in [3.63, 3.8) is 0 Å². The number of hydrogen-bond acceptors (Lipinski definition) is 5. The molecule has 0 radical (unpaired) electrons. The summed E-state index contributed by atoms with van der Waals surface area (Å²) in [5, 5.41) is 0.994. The lowest BCUT2D eigenvalue weighted by Gasteiger charge is -2.19. The van der Waals surface area contributed by atoms with Gasteiger partial charge in [0.25, 0.3) is 0 Å². The maximum Gasteiger partial charge on any atom is 0.139 e. The van der Waals surface area contributed by atoms with Gasteiger partial charge in [-0.1, -0.05) is 6.07 Å². The summed E-state index contributed by atoms with van der Waals surface area (Å²) >= 11 is 0. The molecule has 1 aromatic carbocycles. The van der Waals surface area contributed by atoms with Crippen LogP contribution in [-0.4, -0.2) is 22.0 Å². The van der Waals surface area contributed by atoms with Crippen LogP contribution in [0.3, 0.4) is 0 Å². The van der Waals surface area contributed by atoms with E-state index in [9.17, 15) is 0 Å². The molecule has 0 aliphatic carbocycles. The van der Waals surface area contributed by atoms with E-state index in [2.05, 4.69) is 19.9 Å². The van der Waals surface area contributed by atoms with Gasteiger partial charge in [0.15, 0.2) is 0 Å². The first-order valence-corrected chi connectivity index (χ1v) is 6.34. The number of hydrogen-bond donors (Lipinski definition) is 1. The van der Waals surface area contributed by atoms with Crippen molar-refractivity contribution < 1.29 is 0 Å². The Morgan fingerprint density at radius 2 is 2.10 bits per heavy atom. The van der Waals surface area contributed by atoms with Crippen molar-refractivity contribution in [3.05, 3.63) is 54.6 Å². The summed E-state index contributed by atoms with van der Waals surface area (Å²) in [5.41, 5.74) is 8.49. The van der Waals surface area contributed by atoms with Crippen LogP contribution in [0.1, 0.15) is 5.56 Å². The number of nitrogens with zero attached hydrogens (tertiary/aromatic N) is 4. The molecule has 0 amide bonds. The normalized spacial score (nSPS) is 10.7. The van der Waals surface area contributed by atoms with Gasteiger partial charge in [0.1, 0.15) is 12.1 Å². The van der Waals surface area contributed by atoms with Crippen molar-refractivity contribution in [2.24, 2.45) is 0 Å². The van der Waals surface area contributed by atoms with Gasteiger partial charge in [-0.05, 0) is 29.8 Å². The van der Waals surface area contributed by atoms with E-state index in [-0.39, 0.29) is 0 Å². The van der Waals surface area contributed by atoms with Crippen molar-refractivity contribution in [1.82, 2.24) is 15.0 Å². The summed E-state index contributed by atoms with van der Waals surface area (Å²) in [6, 6.07) is 9.66. The fraction of sp³-hybridized carbons (Fsp3) is 0.133. The zero-order chi connectivity index (χ0) is 13.9. The number of nitrogens with two attached hydrogens (primary N) is 1. The van der Waals surface area contributed by atoms with Gasteiger partial charge in [-0.3, -0.25) is 4.98 Å². The zero-order valence-corrected chi connectivity index (χ0v) is 11.2. The third-order valence-corrected chi connectivity index (χ3v) is 3.14. The number of anilines is 2. The minimum Gasteiger partial charge on any atom is -0.399 e. The summed E-state index contributed by atoms with van der Waals surface area (Å²) < 4.78 is 0. The van der Waals surface area contributed by atoms with E-state index in [1.807, 2.05) is 43.6 Å². The zero-order valence-electron chi connectivity index (χ0n) is 11.2. The van der Waals surface area contributed by atoms with Crippen molar-refractivity contribution in [2.75, 3.05) is 17.7 Å². The lowest BCUT2D eigenvalue weighted by molar-refractivity contribution is 0.894. The first-order chi connectivity index (χ1) is 9.74.